The molecular formula is C13H13F6NO3S. The number of epoxide rings is 1. The molecule has 1 N–H and O–H groups in total. The van der Waals surface area contributed by atoms with Gasteiger partial charge in [0.25, 0.3) is 0 Å². The predicted octanol–water partition coefficient (Wildman–Crippen LogP) is 3.18. The van der Waals surface area contributed by atoms with Crippen molar-refractivity contribution in [2.24, 2.45) is 0 Å². The Kier molecular flexibility index (Phi) is 4.43. The Morgan fingerprint density at radius 2 is 1.50 bits per heavy atom. The van der Waals surface area contributed by atoms with Gasteiger partial charge in [0.1, 0.15) is 5.60 Å². The smallest absolute Gasteiger partial charge is 0.365 e. The van der Waals surface area contributed by atoms with Gasteiger partial charge in [-0.25, -0.2) is 13.1 Å². The van der Waals surface area contributed by atoms with Crippen molar-refractivity contribution in [1.82, 2.24) is 4.72 Å². The summed E-state index contributed by atoms with van der Waals surface area (Å²) in [4.78, 5) is -1.11. The zero-order valence-electron chi connectivity index (χ0n) is 12.4. The zero-order chi connectivity index (χ0) is 18.6. The number of alkyl halides is 6. The molecule has 0 aromatic heterocycles. The maximum absolute atomic E-state index is 12.8. The molecule has 0 saturated carbocycles. The first-order valence-electron chi connectivity index (χ1n) is 6.62. The van der Waals surface area contributed by atoms with Crippen LogP contribution >= 0.6 is 0 Å². The summed E-state index contributed by atoms with van der Waals surface area (Å²) in [5.74, 6) is 0. The Bertz CT molecular complexity index is 711. The molecule has 0 radical (unpaired) electrons. The second-order valence-electron chi connectivity index (χ2n) is 5.64. The average molecular weight is 377 g/mol. The van der Waals surface area contributed by atoms with Crippen LogP contribution in [0, 0.1) is 0 Å². The molecule has 1 unspecified atom stereocenters. The molecular weight excluding hydrogens is 364 g/mol. The van der Waals surface area contributed by atoms with Gasteiger partial charge in [-0.3, -0.25) is 0 Å². The number of benzene rings is 1. The van der Waals surface area contributed by atoms with Gasteiger partial charge >= 0.3 is 12.4 Å². The summed E-state index contributed by atoms with van der Waals surface area (Å²) in [6.07, 6.45) is -10.5. The van der Waals surface area contributed by atoms with Crippen molar-refractivity contribution in [2.75, 3.05) is 6.54 Å². The lowest BCUT2D eigenvalue weighted by Gasteiger charge is -2.15. The number of rotatable bonds is 4. The van der Waals surface area contributed by atoms with E-state index < -0.39 is 44.0 Å². The Hall–Kier alpha value is -1.33. The van der Waals surface area contributed by atoms with E-state index in [-0.39, 0.29) is 30.8 Å². The van der Waals surface area contributed by atoms with Gasteiger partial charge in [0.05, 0.1) is 22.1 Å². The van der Waals surface area contributed by atoms with E-state index in [0.29, 0.717) is 0 Å². The van der Waals surface area contributed by atoms with Gasteiger partial charge in [-0.15, -0.1) is 0 Å². The second-order valence-corrected chi connectivity index (χ2v) is 7.41. The van der Waals surface area contributed by atoms with Crippen molar-refractivity contribution in [1.29, 1.82) is 0 Å². The van der Waals surface area contributed by atoms with Crippen LogP contribution in [0.4, 0.5) is 26.3 Å². The van der Waals surface area contributed by atoms with Crippen LogP contribution in [-0.4, -0.2) is 26.7 Å². The van der Waals surface area contributed by atoms with Gasteiger partial charge in [-0.1, -0.05) is 0 Å². The minimum atomic E-state index is -5.12. The molecule has 24 heavy (non-hydrogen) atoms. The molecule has 1 fully saturated rings. The summed E-state index contributed by atoms with van der Waals surface area (Å²) in [5.41, 5.74) is -4.22. The minimum Gasteiger partial charge on any atom is -0.365 e. The van der Waals surface area contributed by atoms with E-state index in [1.807, 2.05) is 4.72 Å². The van der Waals surface area contributed by atoms with Crippen molar-refractivity contribution >= 4 is 10.0 Å². The fourth-order valence-electron chi connectivity index (χ4n) is 1.96. The molecule has 1 aliphatic heterocycles. The molecule has 4 nitrogen and oxygen atoms in total. The molecule has 1 heterocycles. The van der Waals surface area contributed by atoms with Crippen LogP contribution in [0.1, 0.15) is 25.0 Å². The van der Waals surface area contributed by atoms with Crippen LogP contribution in [0.15, 0.2) is 23.1 Å². The van der Waals surface area contributed by atoms with Crippen LogP contribution in [0.25, 0.3) is 0 Å². The highest BCUT2D eigenvalue weighted by Crippen LogP contribution is 2.38. The number of hydrogen-bond acceptors (Lipinski definition) is 3. The van der Waals surface area contributed by atoms with Gasteiger partial charge in [0, 0.05) is 6.54 Å². The fraction of sp³-hybridized carbons (Fsp3) is 0.538. The quantitative estimate of drug-likeness (QED) is 0.648. The lowest BCUT2D eigenvalue weighted by Crippen LogP contribution is -2.34. The van der Waals surface area contributed by atoms with Gasteiger partial charge in [0.2, 0.25) is 10.0 Å². The maximum atomic E-state index is 12.8. The lowest BCUT2D eigenvalue weighted by atomic mass is 10.1. The molecule has 0 aliphatic carbocycles. The van der Waals surface area contributed by atoms with Gasteiger partial charge in [0.15, 0.2) is 0 Å². The van der Waals surface area contributed by atoms with Crippen molar-refractivity contribution in [3.8, 4) is 0 Å². The third-order valence-electron chi connectivity index (χ3n) is 3.73. The monoisotopic (exact) mass is 377 g/mol. The molecule has 2 atom stereocenters. The van der Waals surface area contributed by atoms with E-state index >= 15 is 0 Å². The van der Waals surface area contributed by atoms with Crippen molar-refractivity contribution in [3.05, 3.63) is 29.3 Å². The summed E-state index contributed by atoms with van der Waals surface area (Å²) in [6.45, 7) is 2.95. The summed E-state index contributed by atoms with van der Waals surface area (Å²) < 4.78 is 108. The SMILES string of the molecule is CC1O[C@@]1(C)CNS(=O)(=O)c1cc(C(F)(F)F)cc(C(F)(F)F)c1. The molecule has 1 aromatic rings. The largest absolute Gasteiger partial charge is 0.416 e. The molecule has 0 spiro atoms. The minimum absolute atomic E-state index is 0.133. The molecule has 1 aromatic carbocycles. The molecule has 0 amide bonds. The lowest BCUT2D eigenvalue weighted by molar-refractivity contribution is -0.143. The number of hydrogen-bond donors (Lipinski definition) is 1. The normalized spacial score (nSPS) is 24.9. The van der Waals surface area contributed by atoms with Crippen LogP contribution in [0.3, 0.4) is 0 Å². The van der Waals surface area contributed by atoms with Crippen molar-refractivity contribution in [2.45, 2.75) is 42.8 Å². The molecule has 11 heteroatoms. The van der Waals surface area contributed by atoms with Gasteiger partial charge < -0.3 is 4.74 Å². The standard InChI is InChI=1S/C13H13F6NO3S/c1-7-11(2,23-7)6-20-24(21,22)10-4-8(12(14,15)16)3-9(5-10)13(17,18)19/h3-5,7,20H,6H2,1-2H3/t7?,11-/m0/s1. The molecule has 0 bridgehead atoms. The fourth-order valence-corrected chi connectivity index (χ4v) is 3.17. The van der Waals surface area contributed by atoms with E-state index in [4.69, 9.17) is 4.74 Å². The van der Waals surface area contributed by atoms with Crippen LogP contribution in [0.5, 0.6) is 0 Å². The Morgan fingerprint density at radius 3 is 1.83 bits per heavy atom. The van der Waals surface area contributed by atoms with E-state index in [9.17, 15) is 34.8 Å². The summed E-state index contributed by atoms with van der Waals surface area (Å²) in [5, 5.41) is 0. The Morgan fingerprint density at radius 1 is 1.08 bits per heavy atom. The van der Waals surface area contributed by atoms with Gasteiger partial charge in [-0.05, 0) is 32.0 Å². The molecule has 1 aliphatic rings. The third-order valence-corrected chi connectivity index (χ3v) is 5.11. The number of sulfonamides is 1. The third kappa shape index (κ3) is 4.01. The van der Waals surface area contributed by atoms with Gasteiger partial charge in [-0.2, -0.15) is 26.3 Å². The number of halogens is 6. The Labute approximate surface area is 133 Å². The summed E-state index contributed by atoms with van der Waals surface area (Å²) in [6, 6.07) is 0.195. The topological polar surface area (TPSA) is 58.7 Å². The molecule has 1 saturated heterocycles. The maximum Gasteiger partial charge on any atom is 0.416 e. The van der Waals surface area contributed by atoms with Crippen molar-refractivity contribution in [3.63, 3.8) is 0 Å². The molecule has 136 valence electrons. The van der Waals surface area contributed by atoms with Crippen LogP contribution in [0.2, 0.25) is 0 Å². The zero-order valence-corrected chi connectivity index (χ0v) is 13.2. The van der Waals surface area contributed by atoms with E-state index in [1.54, 1.807) is 13.8 Å². The highest BCUT2D eigenvalue weighted by atomic mass is 32.2. The molecule has 2 rings (SSSR count). The van der Waals surface area contributed by atoms with E-state index in [1.165, 1.54) is 0 Å². The first-order valence-corrected chi connectivity index (χ1v) is 8.10. The first kappa shape index (κ1) is 19.0. The van der Waals surface area contributed by atoms with Crippen LogP contribution in [-0.2, 0) is 27.1 Å². The summed E-state index contributed by atoms with van der Waals surface area (Å²) in [7, 11) is -4.57. The van der Waals surface area contributed by atoms with Crippen molar-refractivity contribution < 1.29 is 39.5 Å². The predicted molar refractivity (Wildman–Crippen MR) is 70.6 cm³/mol. The average Bonchev–Trinajstić information content (AvgIpc) is 3.02. The summed E-state index contributed by atoms with van der Waals surface area (Å²) >= 11 is 0. The second kappa shape index (κ2) is 5.60. The van der Waals surface area contributed by atoms with E-state index in [2.05, 4.69) is 0 Å². The highest BCUT2D eigenvalue weighted by Gasteiger charge is 2.49. The Balaban J connectivity index is 2.40. The highest BCUT2D eigenvalue weighted by molar-refractivity contribution is 7.89. The number of nitrogens with one attached hydrogen (secondary N) is 1. The van der Waals surface area contributed by atoms with Crippen LogP contribution < -0.4 is 4.72 Å². The number of ether oxygens (including phenoxy) is 1. The van der Waals surface area contributed by atoms with E-state index in [0.717, 1.165) is 0 Å². The first-order chi connectivity index (χ1) is 10.7.